The minimum atomic E-state index is -4.37. The molecule has 0 radical (unpaired) electrons. The topological polar surface area (TPSA) is 34.5 Å². The predicted molar refractivity (Wildman–Crippen MR) is 108 cm³/mol. The molecule has 2 aromatic carbocycles. The van der Waals surface area contributed by atoms with Gasteiger partial charge >= 0.3 is 6.18 Å². The van der Waals surface area contributed by atoms with Crippen LogP contribution in [0.2, 0.25) is 0 Å². The monoisotopic (exact) mass is 416 g/mol. The van der Waals surface area contributed by atoms with E-state index in [1.807, 2.05) is 19.2 Å². The molecule has 4 nitrogen and oxygen atoms in total. The normalized spacial score (nSPS) is 17.5. The van der Waals surface area contributed by atoms with Gasteiger partial charge < -0.3 is 14.2 Å². The van der Waals surface area contributed by atoms with Crippen LogP contribution in [0.25, 0.3) is 10.9 Å². The number of aromatic nitrogens is 1. The maximum absolute atomic E-state index is 12.8. The van der Waals surface area contributed by atoms with Crippen LogP contribution in [0.4, 0.5) is 13.2 Å². The van der Waals surface area contributed by atoms with E-state index < -0.39 is 17.8 Å². The first-order chi connectivity index (χ1) is 14.3. The molecule has 4 rings (SSSR count). The molecule has 1 fully saturated rings. The van der Waals surface area contributed by atoms with Gasteiger partial charge in [-0.2, -0.15) is 13.2 Å². The zero-order valence-electron chi connectivity index (χ0n) is 16.7. The average molecular weight is 416 g/mol. The van der Waals surface area contributed by atoms with E-state index >= 15 is 0 Å². The van der Waals surface area contributed by atoms with Crippen LogP contribution in [-0.2, 0) is 29.2 Å². The van der Waals surface area contributed by atoms with Crippen LogP contribution in [0.15, 0.2) is 54.7 Å². The fourth-order valence-corrected chi connectivity index (χ4v) is 3.99. The molecule has 1 aromatic heterocycles. The summed E-state index contributed by atoms with van der Waals surface area (Å²) in [7, 11) is 1.99. The molecule has 2 heterocycles. The SMILES string of the molecule is Cn1cc(CCC(=O)N2CCO[C@@H](c3ccc(C(F)(F)F)cc3)C2)c2ccccc21. The largest absolute Gasteiger partial charge is 0.416 e. The van der Waals surface area contributed by atoms with Crippen LogP contribution in [0, 0.1) is 0 Å². The second-order valence-electron chi connectivity index (χ2n) is 7.60. The van der Waals surface area contributed by atoms with E-state index in [0.29, 0.717) is 38.1 Å². The van der Waals surface area contributed by atoms with Crippen LogP contribution < -0.4 is 0 Å². The molecule has 0 N–H and O–H groups in total. The molecule has 1 atom stereocenters. The number of nitrogens with zero attached hydrogens (tertiary/aromatic N) is 2. The van der Waals surface area contributed by atoms with E-state index in [4.69, 9.17) is 4.74 Å². The number of carbonyl (C=O) groups excluding carboxylic acids is 1. The van der Waals surface area contributed by atoms with Crippen molar-refractivity contribution in [3.05, 3.63) is 71.4 Å². The number of hydrogen-bond acceptors (Lipinski definition) is 2. The number of hydrogen-bond donors (Lipinski definition) is 0. The summed E-state index contributed by atoms with van der Waals surface area (Å²) in [5, 5.41) is 1.15. The fraction of sp³-hybridized carbons (Fsp3) is 0.348. The Morgan fingerprint density at radius 3 is 2.60 bits per heavy atom. The van der Waals surface area contributed by atoms with Crippen molar-refractivity contribution >= 4 is 16.8 Å². The molecule has 1 amide bonds. The number of ether oxygens (including phenoxy) is 1. The van der Waals surface area contributed by atoms with Crippen molar-refractivity contribution in [1.82, 2.24) is 9.47 Å². The Hall–Kier alpha value is -2.80. The highest BCUT2D eigenvalue weighted by molar-refractivity contribution is 5.85. The van der Waals surface area contributed by atoms with Crippen molar-refractivity contribution in [2.24, 2.45) is 7.05 Å². The van der Waals surface area contributed by atoms with Crippen molar-refractivity contribution in [1.29, 1.82) is 0 Å². The van der Waals surface area contributed by atoms with E-state index in [0.717, 1.165) is 28.6 Å². The number of halogens is 3. The molecular formula is C23H23F3N2O2. The number of fused-ring (bicyclic) bond motifs is 1. The van der Waals surface area contributed by atoms with Gasteiger partial charge in [-0.1, -0.05) is 30.3 Å². The van der Waals surface area contributed by atoms with Gasteiger partial charge in [0.15, 0.2) is 0 Å². The fourth-order valence-electron chi connectivity index (χ4n) is 3.99. The molecule has 1 aliphatic rings. The highest BCUT2D eigenvalue weighted by atomic mass is 19.4. The number of morpholine rings is 1. The first kappa shape index (κ1) is 20.5. The summed E-state index contributed by atoms with van der Waals surface area (Å²) in [6, 6.07) is 13.1. The van der Waals surface area contributed by atoms with E-state index in [2.05, 4.69) is 22.9 Å². The second-order valence-corrected chi connectivity index (χ2v) is 7.60. The zero-order chi connectivity index (χ0) is 21.3. The molecule has 30 heavy (non-hydrogen) atoms. The molecule has 0 aliphatic carbocycles. The van der Waals surface area contributed by atoms with Crippen molar-refractivity contribution in [2.45, 2.75) is 25.1 Å². The maximum atomic E-state index is 12.8. The van der Waals surface area contributed by atoms with Crippen LogP contribution >= 0.6 is 0 Å². The second kappa shape index (κ2) is 8.14. The standard InChI is InChI=1S/C23H23F3N2O2/c1-27-14-17(19-4-2-3-5-20(19)27)8-11-22(29)28-12-13-30-21(15-28)16-6-9-18(10-7-16)23(24,25)26/h2-7,9-10,14,21H,8,11-13,15H2,1H3/t21-/m1/s1. The lowest BCUT2D eigenvalue weighted by atomic mass is 10.0. The minimum absolute atomic E-state index is 0.0307. The van der Waals surface area contributed by atoms with Gasteiger partial charge in [0, 0.05) is 37.1 Å². The Balaban J connectivity index is 1.40. The Labute approximate surface area is 172 Å². The molecule has 7 heteroatoms. The molecule has 1 saturated heterocycles. The summed E-state index contributed by atoms with van der Waals surface area (Å²) >= 11 is 0. The Bertz CT molecular complexity index is 1040. The first-order valence-electron chi connectivity index (χ1n) is 9.92. The number of carbonyl (C=O) groups is 1. The lowest BCUT2D eigenvalue weighted by Crippen LogP contribution is -2.42. The maximum Gasteiger partial charge on any atom is 0.416 e. The van der Waals surface area contributed by atoms with Gasteiger partial charge in [-0.15, -0.1) is 0 Å². The van der Waals surface area contributed by atoms with Gasteiger partial charge in [0.05, 0.1) is 18.7 Å². The number of amides is 1. The molecule has 0 bridgehead atoms. The summed E-state index contributed by atoms with van der Waals surface area (Å²) in [6.07, 6.45) is -1.70. The number of aryl methyl sites for hydroxylation is 2. The van der Waals surface area contributed by atoms with E-state index in [9.17, 15) is 18.0 Å². The smallest absolute Gasteiger partial charge is 0.370 e. The average Bonchev–Trinajstić information content (AvgIpc) is 3.07. The van der Waals surface area contributed by atoms with Crippen LogP contribution in [-0.4, -0.2) is 35.1 Å². The summed E-state index contributed by atoms with van der Waals surface area (Å²) in [4.78, 5) is 14.5. The van der Waals surface area contributed by atoms with Crippen LogP contribution in [0.1, 0.15) is 29.2 Å². The van der Waals surface area contributed by atoms with Gasteiger partial charge in [0.1, 0.15) is 6.10 Å². The number of alkyl halides is 3. The predicted octanol–water partition coefficient (Wildman–Crippen LogP) is 4.73. The van der Waals surface area contributed by atoms with Gasteiger partial charge in [0.2, 0.25) is 5.91 Å². The first-order valence-corrected chi connectivity index (χ1v) is 9.92. The summed E-state index contributed by atoms with van der Waals surface area (Å²) in [6.45, 7) is 1.21. The summed E-state index contributed by atoms with van der Waals surface area (Å²) in [5.41, 5.74) is 2.22. The van der Waals surface area contributed by atoms with Crippen molar-refractivity contribution < 1.29 is 22.7 Å². The molecule has 158 valence electrons. The van der Waals surface area contributed by atoms with E-state index in [-0.39, 0.29) is 5.91 Å². The zero-order valence-corrected chi connectivity index (χ0v) is 16.7. The lowest BCUT2D eigenvalue weighted by Gasteiger charge is -2.33. The van der Waals surface area contributed by atoms with Crippen LogP contribution in [0.5, 0.6) is 0 Å². The third kappa shape index (κ3) is 4.21. The van der Waals surface area contributed by atoms with Crippen molar-refractivity contribution in [3.63, 3.8) is 0 Å². The number of para-hydroxylation sites is 1. The number of rotatable bonds is 4. The van der Waals surface area contributed by atoms with Gasteiger partial charge in [0.25, 0.3) is 0 Å². The third-order valence-corrected chi connectivity index (χ3v) is 5.62. The molecule has 0 saturated carbocycles. The van der Waals surface area contributed by atoms with Crippen molar-refractivity contribution in [2.75, 3.05) is 19.7 Å². The molecule has 1 aliphatic heterocycles. The van der Waals surface area contributed by atoms with Crippen molar-refractivity contribution in [3.8, 4) is 0 Å². The van der Waals surface area contributed by atoms with Crippen LogP contribution in [0.3, 0.4) is 0 Å². The Morgan fingerprint density at radius 1 is 1.13 bits per heavy atom. The molecular weight excluding hydrogens is 393 g/mol. The minimum Gasteiger partial charge on any atom is -0.370 e. The van der Waals surface area contributed by atoms with Gasteiger partial charge in [-0.25, -0.2) is 0 Å². The summed E-state index contributed by atoms with van der Waals surface area (Å²) < 4.78 is 46.1. The highest BCUT2D eigenvalue weighted by Crippen LogP contribution is 2.31. The van der Waals surface area contributed by atoms with Gasteiger partial charge in [-0.3, -0.25) is 4.79 Å². The molecule has 3 aromatic rings. The van der Waals surface area contributed by atoms with E-state index in [1.54, 1.807) is 4.90 Å². The quantitative estimate of drug-likeness (QED) is 0.616. The highest BCUT2D eigenvalue weighted by Gasteiger charge is 2.31. The Kier molecular flexibility index (Phi) is 5.56. The lowest BCUT2D eigenvalue weighted by molar-refractivity contribution is -0.139. The molecule has 0 unspecified atom stereocenters. The molecule has 0 spiro atoms. The van der Waals surface area contributed by atoms with E-state index in [1.165, 1.54) is 12.1 Å². The third-order valence-electron chi connectivity index (χ3n) is 5.62. The Morgan fingerprint density at radius 2 is 1.87 bits per heavy atom. The summed E-state index contributed by atoms with van der Waals surface area (Å²) in [5.74, 6) is 0.0307. The number of benzene rings is 2. The van der Waals surface area contributed by atoms with Gasteiger partial charge in [-0.05, 0) is 35.7 Å².